The summed E-state index contributed by atoms with van der Waals surface area (Å²) in [6, 6.07) is 0. The molecule has 0 radical (unpaired) electrons. The molecule has 3 nitrogen and oxygen atoms in total. The first-order valence-corrected chi connectivity index (χ1v) is 5.94. The van der Waals surface area contributed by atoms with E-state index in [0.717, 1.165) is 17.7 Å². The van der Waals surface area contributed by atoms with Crippen LogP contribution in [-0.2, 0) is 7.05 Å². The fraction of sp³-hybridized carbons (Fsp3) is 0.750. The summed E-state index contributed by atoms with van der Waals surface area (Å²) in [5.74, 6) is 2.90. The molecule has 3 unspecified atom stereocenters. The number of hydrogen-bond donors (Lipinski definition) is 1. The molecule has 82 valence electrons. The van der Waals surface area contributed by atoms with Crippen molar-refractivity contribution in [1.82, 2.24) is 9.55 Å². The molecule has 1 aromatic rings. The summed E-state index contributed by atoms with van der Waals surface area (Å²) in [4.78, 5) is 4.25. The van der Waals surface area contributed by atoms with Crippen molar-refractivity contribution in [2.45, 2.75) is 31.8 Å². The van der Waals surface area contributed by atoms with Gasteiger partial charge in [0.05, 0.1) is 0 Å². The molecule has 1 aromatic heterocycles. The van der Waals surface area contributed by atoms with Crippen molar-refractivity contribution in [1.29, 1.82) is 0 Å². The van der Waals surface area contributed by atoms with Crippen LogP contribution in [0.1, 0.15) is 37.6 Å². The molecule has 3 heteroatoms. The average Bonchev–Trinajstić information content (AvgIpc) is 2.83. The quantitative estimate of drug-likeness (QED) is 0.802. The number of aromatic nitrogens is 2. The normalized spacial score (nSPS) is 36.0. The molecule has 0 aliphatic heterocycles. The first kappa shape index (κ1) is 9.40. The summed E-state index contributed by atoms with van der Waals surface area (Å²) in [7, 11) is 1.96. The lowest BCUT2D eigenvalue weighted by atomic mass is 10.0. The molecular weight excluding hydrogens is 188 g/mol. The summed E-state index contributed by atoms with van der Waals surface area (Å²) in [6.07, 6.45) is 8.68. The molecule has 1 heterocycles. The predicted molar refractivity (Wildman–Crippen MR) is 57.1 cm³/mol. The van der Waals surface area contributed by atoms with Gasteiger partial charge in [-0.2, -0.15) is 0 Å². The Morgan fingerprint density at radius 2 is 2.07 bits per heavy atom. The third-order valence-electron chi connectivity index (χ3n) is 4.21. The van der Waals surface area contributed by atoms with Crippen LogP contribution in [0.5, 0.6) is 0 Å². The van der Waals surface area contributed by atoms with Crippen LogP contribution in [0.25, 0.3) is 0 Å². The van der Waals surface area contributed by atoms with Gasteiger partial charge in [0.25, 0.3) is 0 Å². The number of hydrogen-bond acceptors (Lipinski definition) is 2. The van der Waals surface area contributed by atoms with Crippen molar-refractivity contribution in [3.05, 3.63) is 18.2 Å². The Hall–Kier alpha value is -0.830. The van der Waals surface area contributed by atoms with E-state index in [9.17, 15) is 5.11 Å². The van der Waals surface area contributed by atoms with Gasteiger partial charge in [-0.15, -0.1) is 0 Å². The summed E-state index contributed by atoms with van der Waals surface area (Å²) in [6.45, 7) is 0. The van der Waals surface area contributed by atoms with Crippen LogP contribution in [0.4, 0.5) is 0 Å². The Morgan fingerprint density at radius 3 is 2.60 bits per heavy atom. The molecule has 2 aliphatic rings. The number of fused-ring (bicyclic) bond motifs is 1. The molecule has 3 atom stereocenters. The van der Waals surface area contributed by atoms with Crippen LogP contribution in [0.3, 0.4) is 0 Å². The van der Waals surface area contributed by atoms with Crippen LogP contribution in [0, 0.1) is 17.8 Å². The topological polar surface area (TPSA) is 38.0 Å². The minimum Gasteiger partial charge on any atom is -0.385 e. The van der Waals surface area contributed by atoms with Crippen LogP contribution in [0.15, 0.2) is 12.4 Å². The summed E-state index contributed by atoms with van der Waals surface area (Å²) in [5, 5.41) is 10.3. The van der Waals surface area contributed by atoms with Gasteiger partial charge < -0.3 is 9.67 Å². The second-order valence-electron chi connectivity index (χ2n) is 5.03. The first-order chi connectivity index (χ1) is 7.29. The molecule has 0 aromatic carbocycles. The van der Waals surface area contributed by atoms with Gasteiger partial charge in [-0.25, -0.2) is 4.98 Å². The monoisotopic (exact) mass is 206 g/mol. The predicted octanol–water partition coefficient (Wildman–Crippen LogP) is 1.89. The van der Waals surface area contributed by atoms with Crippen LogP contribution >= 0.6 is 0 Å². The highest BCUT2D eigenvalue weighted by Gasteiger charge is 2.54. The van der Waals surface area contributed by atoms with E-state index in [1.165, 1.54) is 25.7 Å². The summed E-state index contributed by atoms with van der Waals surface area (Å²) < 4.78 is 1.94. The molecule has 0 amide bonds. The fourth-order valence-corrected chi connectivity index (χ4v) is 3.35. The molecular formula is C12H18N2O. The molecule has 2 saturated carbocycles. The maximum absolute atomic E-state index is 10.3. The van der Waals surface area contributed by atoms with E-state index in [1.807, 2.05) is 17.8 Å². The Balaban J connectivity index is 1.76. The molecule has 15 heavy (non-hydrogen) atoms. The van der Waals surface area contributed by atoms with Gasteiger partial charge in [0.15, 0.2) is 0 Å². The van der Waals surface area contributed by atoms with Crippen LogP contribution < -0.4 is 0 Å². The third kappa shape index (κ3) is 1.41. The Labute approximate surface area is 90.1 Å². The molecule has 0 bridgehead atoms. The lowest BCUT2D eigenvalue weighted by molar-refractivity contribution is 0.129. The number of aryl methyl sites for hydroxylation is 1. The third-order valence-corrected chi connectivity index (χ3v) is 4.21. The van der Waals surface area contributed by atoms with Crippen molar-refractivity contribution in [3.8, 4) is 0 Å². The van der Waals surface area contributed by atoms with Crippen molar-refractivity contribution >= 4 is 0 Å². The molecule has 0 saturated heterocycles. The van der Waals surface area contributed by atoms with Crippen molar-refractivity contribution < 1.29 is 5.11 Å². The van der Waals surface area contributed by atoms with Gasteiger partial charge >= 0.3 is 0 Å². The zero-order chi connectivity index (χ0) is 10.4. The molecule has 2 fully saturated rings. The van der Waals surface area contributed by atoms with Crippen LogP contribution in [0.2, 0.25) is 0 Å². The molecule has 3 rings (SSSR count). The van der Waals surface area contributed by atoms with E-state index >= 15 is 0 Å². The smallest absolute Gasteiger partial charge is 0.137 e. The van der Waals surface area contributed by atoms with Gasteiger partial charge in [0.1, 0.15) is 11.9 Å². The van der Waals surface area contributed by atoms with E-state index in [1.54, 1.807) is 6.20 Å². The van der Waals surface area contributed by atoms with Crippen molar-refractivity contribution in [3.63, 3.8) is 0 Å². The number of rotatable bonds is 2. The lowest BCUT2D eigenvalue weighted by Crippen LogP contribution is -2.08. The number of aliphatic hydroxyl groups excluding tert-OH is 1. The van der Waals surface area contributed by atoms with Crippen molar-refractivity contribution in [2.24, 2.45) is 24.8 Å². The van der Waals surface area contributed by atoms with Gasteiger partial charge in [0.2, 0.25) is 0 Å². The Morgan fingerprint density at radius 1 is 1.40 bits per heavy atom. The van der Waals surface area contributed by atoms with E-state index in [2.05, 4.69) is 4.98 Å². The van der Waals surface area contributed by atoms with Gasteiger partial charge in [-0.1, -0.05) is 12.8 Å². The number of aliphatic hydroxyl groups is 1. The van der Waals surface area contributed by atoms with Gasteiger partial charge in [-0.05, 0) is 30.6 Å². The lowest BCUT2D eigenvalue weighted by Gasteiger charge is -2.09. The van der Waals surface area contributed by atoms with E-state index in [4.69, 9.17) is 0 Å². The maximum atomic E-state index is 10.3. The SMILES string of the molecule is Cn1ccnc1C(O)C1C2CCCCC21. The standard InChI is InChI=1S/C12H18N2O/c1-14-7-6-13-12(14)11(15)10-8-4-2-3-5-9(8)10/h6-11,15H,2-5H2,1H3. The number of imidazole rings is 1. The highest BCUT2D eigenvalue weighted by Crippen LogP contribution is 2.60. The second-order valence-corrected chi connectivity index (χ2v) is 5.03. The average molecular weight is 206 g/mol. The zero-order valence-corrected chi connectivity index (χ0v) is 9.13. The summed E-state index contributed by atoms with van der Waals surface area (Å²) >= 11 is 0. The van der Waals surface area contributed by atoms with E-state index in [0.29, 0.717) is 5.92 Å². The maximum Gasteiger partial charge on any atom is 0.137 e. The molecule has 0 spiro atoms. The number of nitrogens with zero attached hydrogens (tertiary/aromatic N) is 2. The minimum atomic E-state index is -0.335. The largest absolute Gasteiger partial charge is 0.385 e. The highest BCUT2D eigenvalue weighted by molar-refractivity contribution is 5.09. The second kappa shape index (κ2) is 3.34. The Bertz CT molecular complexity index is 348. The van der Waals surface area contributed by atoms with Crippen LogP contribution in [-0.4, -0.2) is 14.7 Å². The minimum absolute atomic E-state index is 0.335. The fourth-order valence-electron chi connectivity index (χ4n) is 3.35. The first-order valence-electron chi connectivity index (χ1n) is 5.94. The van der Waals surface area contributed by atoms with Gasteiger partial charge in [-0.3, -0.25) is 0 Å². The highest BCUT2D eigenvalue weighted by atomic mass is 16.3. The summed E-state index contributed by atoms with van der Waals surface area (Å²) in [5.41, 5.74) is 0. The van der Waals surface area contributed by atoms with Gasteiger partial charge in [0, 0.05) is 19.4 Å². The van der Waals surface area contributed by atoms with E-state index in [-0.39, 0.29) is 6.10 Å². The zero-order valence-electron chi connectivity index (χ0n) is 9.13. The van der Waals surface area contributed by atoms with E-state index < -0.39 is 0 Å². The van der Waals surface area contributed by atoms with Crippen molar-refractivity contribution in [2.75, 3.05) is 0 Å². The molecule has 1 N–H and O–H groups in total. The molecule has 2 aliphatic carbocycles. The Kier molecular flexibility index (Phi) is 2.09.